The van der Waals surface area contributed by atoms with Gasteiger partial charge >= 0.3 is 12.2 Å². The van der Waals surface area contributed by atoms with Crippen LogP contribution < -0.4 is 19.8 Å². The quantitative estimate of drug-likeness (QED) is 0.442. The highest BCUT2D eigenvalue weighted by Crippen LogP contribution is 2.30. The zero-order valence-electron chi connectivity index (χ0n) is 18.8. The molecule has 0 spiro atoms. The summed E-state index contributed by atoms with van der Waals surface area (Å²) in [6.45, 7) is -1.00. The molecular weight excluding hydrogens is 436 g/mol. The molecule has 1 heterocycles. The van der Waals surface area contributed by atoms with E-state index in [9.17, 15) is 18.4 Å². The molecule has 0 unspecified atom stereocenters. The fraction of sp³-hybridized carbons (Fsp3) is 0.333. The van der Waals surface area contributed by atoms with E-state index in [0.29, 0.717) is 22.5 Å². The summed E-state index contributed by atoms with van der Waals surface area (Å²) in [6, 6.07) is 9.81. The monoisotopic (exact) mass is 461 g/mol. The third-order valence-corrected chi connectivity index (χ3v) is 5.37. The Bertz CT molecular complexity index is 1210. The third kappa shape index (κ3) is 5.60. The topological polar surface area (TPSA) is 78.2 Å². The van der Waals surface area contributed by atoms with Gasteiger partial charge in [-0.2, -0.15) is 8.78 Å². The average Bonchev–Trinajstić information content (AvgIpc) is 2.78. The number of carbonyl (C=O) groups is 1. The molecule has 0 radical (unpaired) electrons. The number of carbonyl (C=O) groups excluding carboxylic acids is 1. The van der Waals surface area contributed by atoms with Gasteiger partial charge in [0.25, 0.3) is 0 Å². The molecule has 3 aromatic rings. The number of benzene rings is 2. The molecule has 0 bridgehead atoms. The lowest BCUT2D eigenvalue weighted by atomic mass is 10.0. The molecular formula is C24H25F2NO6. The Morgan fingerprint density at radius 3 is 2.52 bits per heavy atom. The van der Waals surface area contributed by atoms with Crippen molar-refractivity contribution in [2.24, 2.45) is 0 Å². The maximum absolute atomic E-state index is 12.7. The van der Waals surface area contributed by atoms with Crippen molar-refractivity contribution >= 4 is 16.9 Å². The Labute approximate surface area is 189 Å². The van der Waals surface area contributed by atoms with Gasteiger partial charge in [0.15, 0.2) is 11.5 Å². The van der Waals surface area contributed by atoms with Gasteiger partial charge in [-0.25, -0.2) is 4.79 Å². The van der Waals surface area contributed by atoms with Crippen molar-refractivity contribution in [3.05, 3.63) is 63.5 Å². The molecule has 7 nitrogen and oxygen atoms in total. The van der Waals surface area contributed by atoms with Crippen LogP contribution in [-0.2, 0) is 17.8 Å². The van der Waals surface area contributed by atoms with Crippen LogP contribution in [-0.4, -0.2) is 38.7 Å². The van der Waals surface area contributed by atoms with Crippen LogP contribution in [0, 0.1) is 6.92 Å². The molecule has 3 rings (SSSR count). The van der Waals surface area contributed by atoms with Crippen LogP contribution >= 0.6 is 0 Å². The lowest BCUT2D eigenvalue weighted by molar-refractivity contribution is -0.130. The van der Waals surface area contributed by atoms with Crippen molar-refractivity contribution < 1.29 is 32.2 Å². The molecule has 0 aliphatic rings. The number of alkyl halides is 2. The molecule has 0 atom stereocenters. The molecule has 0 saturated carbocycles. The summed E-state index contributed by atoms with van der Waals surface area (Å²) in [5.41, 5.74) is 1.71. The highest BCUT2D eigenvalue weighted by atomic mass is 19.3. The van der Waals surface area contributed by atoms with Gasteiger partial charge in [0.1, 0.15) is 11.3 Å². The zero-order chi connectivity index (χ0) is 24.1. The number of methoxy groups -OCH3 is 2. The molecule has 2 aromatic carbocycles. The van der Waals surface area contributed by atoms with E-state index >= 15 is 0 Å². The number of nitrogens with zero attached hydrogens (tertiary/aromatic N) is 1. The van der Waals surface area contributed by atoms with Crippen molar-refractivity contribution in [3.8, 4) is 17.2 Å². The van der Waals surface area contributed by atoms with E-state index in [0.717, 1.165) is 10.9 Å². The maximum atomic E-state index is 12.7. The first-order chi connectivity index (χ1) is 15.7. The molecule has 0 aliphatic carbocycles. The van der Waals surface area contributed by atoms with Crippen molar-refractivity contribution in [3.63, 3.8) is 0 Å². The number of fused-ring (bicyclic) bond motifs is 1. The van der Waals surface area contributed by atoms with Gasteiger partial charge in [-0.1, -0.05) is 6.07 Å². The van der Waals surface area contributed by atoms with Crippen LogP contribution in [0.2, 0.25) is 0 Å². The molecule has 1 amide bonds. The van der Waals surface area contributed by atoms with Crippen molar-refractivity contribution in [1.82, 2.24) is 4.90 Å². The number of rotatable bonds is 9. The van der Waals surface area contributed by atoms with Crippen LogP contribution in [0.1, 0.15) is 23.1 Å². The van der Waals surface area contributed by atoms with E-state index in [1.54, 1.807) is 25.2 Å². The van der Waals surface area contributed by atoms with Gasteiger partial charge < -0.3 is 23.5 Å². The Morgan fingerprint density at radius 2 is 1.85 bits per heavy atom. The van der Waals surface area contributed by atoms with Crippen LogP contribution in [0.15, 0.2) is 45.6 Å². The van der Waals surface area contributed by atoms with E-state index in [4.69, 9.17) is 13.9 Å². The smallest absolute Gasteiger partial charge is 0.387 e. The van der Waals surface area contributed by atoms with Crippen LogP contribution in [0.25, 0.3) is 11.0 Å². The second-order valence-corrected chi connectivity index (χ2v) is 7.47. The Morgan fingerprint density at radius 1 is 1.09 bits per heavy atom. The first-order valence-electron chi connectivity index (χ1n) is 10.2. The predicted molar refractivity (Wildman–Crippen MR) is 118 cm³/mol. The van der Waals surface area contributed by atoms with E-state index < -0.39 is 12.2 Å². The molecule has 33 heavy (non-hydrogen) atoms. The predicted octanol–water partition coefficient (Wildman–Crippen LogP) is 4.31. The Kier molecular flexibility index (Phi) is 7.52. The normalized spacial score (nSPS) is 11.0. The molecule has 0 N–H and O–H groups in total. The number of aryl methyl sites for hydroxylation is 1. The molecule has 0 saturated heterocycles. The first-order valence-corrected chi connectivity index (χ1v) is 10.2. The van der Waals surface area contributed by atoms with Crippen LogP contribution in [0.3, 0.4) is 0 Å². The molecule has 0 fully saturated rings. The van der Waals surface area contributed by atoms with Gasteiger partial charge in [-0.05, 0) is 48.7 Å². The van der Waals surface area contributed by atoms with Crippen LogP contribution in [0.5, 0.6) is 17.2 Å². The number of ether oxygens (including phenoxy) is 3. The standard InChI is InChI=1S/C24H25F2NO6/c1-14-17-7-6-16(30-3)12-20(17)32-23(29)18(14)8-10-22(28)27(2)13-15-5-9-19(31-4)21(11-15)33-24(25)26/h5-7,9,11-12,24H,8,10,13H2,1-4H3. The summed E-state index contributed by atoms with van der Waals surface area (Å²) in [4.78, 5) is 26.6. The Hall–Kier alpha value is -3.62. The first kappa shape index (κ1) is 24.0. The van der Waals surface area contributed by atoms with Crippen LogP contribution in [0.4, 0.5) is 8.78 Å². The fourth-order valence-corrected chi connectivity index (χ4v) is 3.58. The third-order valence-electron chi connectivity index (χ3n) is 5.37. The van der Waals surface area contributed by atoms with Crippen molar-refractivity contribution in [2.45, 2.75) is 32.9 Å². The molecule has 176 valence electrons. The minimum atomic E-state index is -2.99. The second kappa shape index (κ2) is 10.3. The summed E-state index contributed by atoms with van der Waals surface area (Å²) < 4.78 is 45.4. The summed E-state index contributed by atoms with van der Waals surface area (Å²) in [7, 11) is 4.48. The number of amides is 1. The number of halogens is 2. The number of hydrogen-bond donors (Lipinski definition) is 0. The summed E-state index contributed by atoms with van der Waals surface area (Å²) in [5, 5.41) is 0.774. The van der Waals surface area contributed by atoms with E-state index in [1.807, 2.05) is 13.0 Å². The number of hydrogen-bond acceptors (Lipinski definition) is 6. The summed E-state index contributed by atoms with van der Waals surface area (Å²) in [5.74, 6) is 0.432. The summed E-state index contributed by atoms with van der Waals surface area (Å²) >= 11 is 0. The van der Waals surface area contributed by atoms with Gasteiger partial charge in [0, 0.05) is 37.0 Å². The van der Waals surface area contributed by atoms with E-state index in [-0.39, 0.29) is 36.8 Å². The van der Waals surface area contributed by atoms with Crippen molar-refractivity contribution in [1.29, 1.82) is 0 Å². The fourth-order valence-electron chi connectivity index (χ4n) is 3.58. The van der Waals surface area contributed by atoms with Crippen molar-refractivity contribution in [2.75, 3.05) is 21.3 Å². The SMILES string of the molecule is COc1ccc2c(C)c(CCC(=O)N(C)Cc3ccc(OC)c(OC(F)F)c3)c(=O)oc2c1. The lowest BCUT2D eigenvalue weighted by Crippen LogP contribution is -2.27. The zero-order valence-corrected chi connectivity index (χ0v) is 18.8. The van der Waals surface area contributed by atoms with Gasteiger partial charge in [0.2, 0.25) is 5.91 Å². The minimum absolute atomic E-state index is 0.0836. The minimum Gasteiger partial charge on any atom is -0.497 e. The highest BCUT2D eigenvalue weighted by molar-refractivity contribution is 5.82. The Balaban J connectivity index is 1.71. The molecule has 9 heteroatoms. The largest absolute Gasteiger partial charge is 0.497 e. The summed E-state index contributed by atoms with van der Waals surface area (Å²) in [6.07, 6.45) is 0.294. The lowest BCUT2D eigenvalue weighted by Gasteiger charge is -2.19. The molecule has 0 aliphatic heterocycles. The average molecular weight is 461 g/mol. The van der Waals surface area contributed by atoms with Gasteiger partial charge in [0.05, 0.1) is 14.2 Å². The second-order valence-electron chi connectivity index (χ2n) is 7.47. The molecule has 1 aromatic heterocycles. The van der Waals surface area contributed by atoms with E-state index in [1.165, 1.54) is 31.3 Å². The van der Waals surface area contributed by atoms with Gasteiger partial charge in [-0.3, -0.25) is 4.79 Å². The maximum Gasteiger partial charge on any atom is 0.387 e. The van der Waals surface area contributed by atoms with E-state index in [2.05, 4.69) is 4.74 Å². The highest BCUT2D eigenvalue weighted by Gasteiger charge is 2.17. The van der Waals surface area contributed by atoms with Gasteiger partial charge in [-0.15, -0.1) is 0 Å².